The number of ether oxygens (including phenoxy) is 3. The quantitative estimate of drug-likeness (QED) is 0.453. The van der Waals surface area contributed by atoms with Crippen molar-refractivity contribution in [2.45, 2.75) is 3.79 Å². The first-order valence-corrected chi connectivity index (χ1v) is 7.06. The van der Waals surface area contributed by atoms with Crippen molar-refractivity contribution in [3.63, 3.8) is 0 Å². The highest BCUT2D eigenvalue weighted by Gasteiger charge is 2.30. The van der Waals surface area contributed by atoms with Crippen LogP contribution in [0.25, 0.3) is 0 Å². The van der Waals surface area contributed by atoms with Crippen LogP contribution in [0.1, 0.15) is 0 Å². The molecular formula is C13H15Cl3N2O4. The predicted octanol–water partition coefficient (Wildman–Crippen LogP) is 3.07. The standard InChI is InChI=1S/C13H15Cl3N2O4/c1-18(7-17-12(19)13(14,15)16)8-5-10(21-3)11(22-4)6-9(8)20-2/h5-7H,1-4H3. The fourth-order valence-electron chi connectivity index (χ4n) is 1.56. The molecule has 22 heavy (non-hydrogen) atoms. The van der Waals surface area contributed by atoms with Gasteiger partial charge in [-0.25, -0.2) is 0 Å². The smallest absolute Gasteiger partial charge is 0.299 e. The molecule has 0 saturated carbocycles. The molecule has 0 saturated heterocycles. The lowest BCUT2D eigenvalue weighted by Gasteiger charge is -2.19. The van der Waals surface area contributed by atoms with Crippen molar-refractivity contribution in [1.82, 2.24) is 0 Å². The molecule has 0 aliphatic heterocycles. The number of benzene rings is 1. The van der Waals surface area contributed by atoms with Gasteiger partial charge in [0.1, 0.15) is 5.75 Å². The number of nitrogens with zero attached hydrogens (tertiary/aromatic N) is 2. The number of hydrogen-bond donors (Lipinski definition) is 0. The zero-order chi connectivity index (χ0) is 16.9. The number of alkyl halides is 3. The molecule has 1 aromatic carbocycles. The molecule has 0 aliphatic carbocycles. The Morgan fingerprint density at radius 3 is 2.05 bits per heavy atom. The third-order valence-corrected chi connectivity index (χ3v) is 3.14. The summed E-state index contributed by atoms with van der Waals surface area (Å²) >= 11 is 16.3. The van der Waals surface area contributed by atoms with Gasteiger partial charge in [0.05, 0.1) is 33.4 Å². The molecule has 0 spiro atoms. The van der Waals surface area contributed by atoms with Gasteiger partial charge in [0.25, 0.3) is 9.70 Å². The molecule has 122 valence electrons. The van der Waals surface area contributed by atoms with Gasteiger partial charge in [-0.3, -0.25) is 4.79 Å². The summed E-state index contributed by atoms with van der Waals surface area (Å²) in [6.45, 7) is 0. The molecule has 0 aromatic heterocycles. The van der Waals surface area contributed by atoms with Gasteiger partial charge in [0.2, 0.25) is 0 Å². The van der Waals surface area contributed by atoms with Gasteiger partial charge < -0.3 is 19.1 Å². The maximum atomic E-state index is 11.5. The highest BCUT2D eigenvalue weighted by molar-refractivity contribution is 6.76. The van der Waals surface area contributed by atoms with E-state index in [2.05, 4.69) is 4.99 Å². The SMILES string of the molecule is COc1cc(OC)c(N(C)C=NC(=O)C(Cl)(Cl)Cl)cc1OC. The fraction of sp³-hybridized carbons (Fsp3) is 0.385. The van der Waals surface area contributed by atoms with E-state index in [1.807, 2.05) is 0 Å². The number of halogens is 3. The highest BCUT2D eigenvalue weighted by Crippen LogP contribution is 2.39. The van der Waals surface area contributed by atoms with Crippen LogP contribution in [0.15, 0.2) is 17.1 Å². The molecule has 0 bridgehead atoms. The Kier molecular flexibility index (Phi) is 6.59. The molecule has 0 N–H and O–H groups in total. The molecule has 0 heterocycles. The average Bonchev–Trinajstić information content (AvgIpc) is 2.49. The second-order valence-electron chi connectivity index (χ2n) is 4.04. The van der Waals surface area contributed by atoms with Crippen LogP contribution < -0.4 is 19.1 Å². The number of anilines is 1. The van der Waals surface area contributed by atoms with Gasteiger partial charge in [-0.15, -0.1) is 0 Å². The van der Waals surface area contributed by atoms with Crippen molar-refractivity contribution in [2.75, 3.05) is 33.3 Å². The van der Waals surface area contributed by atoms with Crippen molar-refractivity contribution in [1.29, 1.82) is 0 Å². The highest BCUT2D eigenvalue weighted by atomic mass is 35.6. The van der Waals surface area contributed by atoms with Gasteiger partial charge in [0.15, 0.2) is 11.5 Å². The Bertz CT molecular complexity index is 573. The average molecular weight is 370 g/mol. The Labute approximate surface area is 143 Å². The molecule has 9 heteroatoms. The third-order valence-electron chi connectivity index (χ3n) is 2.66. The zero-order valence-electron chi connectivity index (χ0n) is 12.4. The summed E-state index contributed by atoms with van der Waals surface area (Å²) in [5.41, 5.74) is 0.584. The van der Waals surface area contributed by atoms with E-state index in [0.717, 1.165) is 0 Å². The molecule has 0 radical (unpaired) electrons. The van der Waals surface area contributed by atoms with Crippen LogP contribution >= 0.6 is 34.8 Å². The van der Waals surface area contributed by atoms with Gasteiger partial charge in [0, 0.05) is 19.2 Å². The molecule has 1 aromatic rings. The summed E-state index contributed by atoms with van der Waals surface area (Å²) in [4.78, 5) is 16.6. The van der Waals surface area contributed by atoms with Crippen molar-refractivity contribution < 1.29 is 19.0 Å². The number of aliphatic imine (C=N–C) groups is 1. The summed E-state index contributed by atoms with van der Waals surface area (Å²) in [6.07, 6.45) is 1.22. The monoisotopic (exact) mass is 368 g/mol. The molecule has 1 amide bonds. The van der Waals surface area contributed by atoms with E-state index >= 15 is 0 Å². The van der Waals surface area contributed by atoms with Gasteiger partial charge in [-0.2, -0.15) is 4.99 Å². The van der Waals surface area contributed by atoms with E-state index in [4.69, 9.17) is 49.0 Å². The predicted molar refractivity (Wildman–Crippen MR) is 88.3 cm³/mol. The van der Waals surface area contributed by atoms with Gasteiger partial charge in [-0.1, -0.05) is 34.8 Å². The normalized spacial score (nSPS) is 11.4. The lowest BCUT2D eigenvalue weighted by atomic mass is 10.2. The van der Waals surface area contributed by atoms with E-state index in [1.165, 1.54) is 32.6 Å². The first kappa shape index (κ1) is 18.7. The number of amides is 1. The summed E-state index contributed by atoms with van der Waals surface area (Å²) in [5.74, 6) is 0.591. The summed E-state index contributed by atoms with van der Waals surface area (Å²) in [7, 11) is 6.18. The Balaban J connectivity index is 3.14. The minimum Gasteiger partial charge on any atom is -0.494 e. The van der Waals surface area contributed by atoms with Crippen molar-refractivity contribution in [2.24, 2.45) is 4.99 Å². The number of carbonyl (C=O) groups excluding carboxylic acids is 1. The van der Waals surface area contributed by atoms with Crippen molar-refractivity contribution in [3.8, 4) is 17.2 Å². The van der Waals surface area contributed by atoms with E-state index in [1.54, 1.807) is 19.2 Å². The van der Waals surface area contributed by atoms with Crippen LogP contribution in [0.4, 0.5) is 5.69 Å². The third kappa shape index (κ3) is 4.56. The Morgan fingerprint density at radius 2 is 1.59 bits per heavy atom. The van der Waals surface area contributed by atoms with E-state index in [0.29, 0.717) is 22.9 Å². The van der Waals surface area contributed by atoms with E-state index in [9.17, 15) is 4.79 Å². The number of methoxy groups -OCH3 is 3. The molecule has 0 atom stereocenters. The van der Waals surface area contributed by atoms with Crippen LogP contribution in [-0.2, 0) is 4.79 Å². The molecule has 1 rings (SSSR count). The van der Waals surface area contributed by atoms with Crippen LogP contribution in [0.2, 0.25) is 0 Å². The van der Waals surface area contributed by atoms with Crippen LogP contribution in [0.3, 0.4) is 0 Å². The Morgan fingerprint density at radius 1 is 1.09 bits per heavy atom. The zero-order valence-corrected chi connectivity index (χ0v) is 14.7. The number of carbonyl (C=O) groups is 1. The van der Waals surface area contributed by atoms with Crippen LogP contribution in [0.5, 0.6) is 17.2 Å². The molecule has 6 nitrogen and oxygen atoms in total. The summed E-state index contributed by atoms with van der Waals surface area (Å²) in [5, 5.41) is 0. The molecule has 0 fully saturated rings. The maximum absolute atomic E-state index is 11.5. The van der Waals surface area contributed by atoms with Crippen molar-refractivity contribution in [3.05, 3.63) is 12.1 Å². The fourth-order valence-corrected chi connectivity index (χ4v) is 1.71. The number of rotatable bonds is 5. The van der Waals surface area contributed by atoms with Crippen LogP contribution in [0, 0.1) is 0 Å². The van der Waals surface area contributed by atoms with E-state index in [-0.39, 0.29) is 0 Å². The minimum absolute atomic E-state index is 0.492. The van der Waals surface area contributed by atoms with Crippen molar-refractivity contribution >= 4 is 52.7 Å². The maximum Gasteiger partial charge on any atom is 0.299 e. The largest absolute Gasteiger partial charge is 0.494 e. The lowest BCUT2D eigenvalue weighted by Crippen LogP contribution is -2.21. The minimum atomic E-state index is -2.10. The topological polar surface area (TPSA) is 60.4 Å². The summed E-state index contributed by atoms with van der Waals surface area (Å²) in [6, 6.07) is 3.32. The Hall–Kier alpha value is -1.37. The van der Waals surface area contributed by atoms with Crippen LogP contribution in [-0.4, -0.2) is 44.4 Å². The molecule has 0 aliphatic rings. The number of hydrogen-bond acceptors (Lipinski definition) is 4. The molecular weight excluding hydrogens is 355 g/mol. The van der Waals surface area contributed by atoms with Gasteiger partial charge >= 0.3 is 0 Å². The first-order valence-electron chi connectivity index (χ1n) is 5.92. The molecule has 0 unspecified atom stereocenters. The first-order chi connectivity index (χ1) is 10.2. The van der Waals surface area contributed by atoms with E-state index < -0.39 is 9.70 Å². The second-order valence-corrected chi connectivity index (χ2v) is 6.32. The lowest BCUT2D eigenvalue weighted by molar-refractivity contribution is -0.116. The second kappa shape index (κ2) is 7.76. The summed E-state index contributed by atoms with van der Waals surface area (Å²) < 4.78 is 13.6. The van der Waals surface area contributed by atoms with Gasteiger partial charge in [-0.05, 0) is 0 Å².